The van der Waals surface area contributed by atoms with Crippen molar-refractivity contribution < 1.29 is 19.5 Å². The topological polar surface area (TPSA) is 86.7 Å². The van der Waals surface area contributed by atoms with E-state index in [9.17, 15) is 19.5 Å². The number of hydrogen-bond donors (Lipinski definition) is 2. The fourth-order valence-corrected chi connectivity index (χ4v) is 2.36. The number of nitrogens with one attached hydrogen (secondary N) is 1. The van der Waals surface area contributed by atoms with E-state index in [-0.39, 0.29) is 17.7 Å². The van der Waals surface area contributed by atoms with Gasteiger partial charge in [-0.05, 0) is 25.7 Å². The van der Waals surface area contributed by atoms with Gasteiger partial charge in [0.1, 0.15) is 12.1 Å². The van der Waals surface area contributed by atoms with Crippen LogP contribution in [0.5, 0.6) is 0 Å². The molecule has 2 amide bonds. The Bertz CT molecular complexity index is 428. The highest BCUT2D eigenvalue weighted by Crippen LogP contribution is 2.23. The lowest BCUT2D eigenvalue weighted by atomic mass is 9.91. The van der Waals surface area contributed by atoms with Crippen LogP contribution >= 0.6 is 0 Å². The number of likely N-dealkylation sites (tertiary alicyclic amines) is 1. The van der Waals surface area contributed by atoms with Gasteiger partial charge in [-0.1, -0.05) is 27.7 Å². The fourth-order valence-electron chi connectivity index (χ4n) is 2.36. The minimum absolute atomic E-state index is 0.222. The molecular formula is C15H26N2O4. The van der Waals surface area contributed by atoms with Gasteiger partial charge in [0.25, 0.3) is 0 Å². The van der Waals surface area contributed by atoms with Crippen LogP contribution in [0.3, 0.4) is 0 Å². The highest BCUT2D eigenvalue weighted by molar-refractivity contribution is 5.91. The van der Waals surface area contributed by atoms with Gasteiger partial charge in [-0.25, -0.2) is 4.79 Å². The van der Waals surface area contributed by atoms with Gasteiger partial charge >= 0.3 is 5.97 Å². The number of rotatable bonds is 3. The van der Waals surface area contributed by atoms with Gasteiger partial charge in [-0.3, -0.25) is 9.59 Å². The van der Waals surface area contributed by atoms with Gasteiger partial charge in [0.15, 0.2) is 0 Å². The molecule has 0 saturated carbocycles. The van der Waals surface area contributed by atoms with Crippen molar-refractivity contribution in [1.82, 2.24) is 10.2 Å². The molecule has 1 rings (SSSR count). The Hall–Kier alpha value is -1.59. The van der Waals surface area contributed by atoms with Gasteiger partial charge in [0, 0.05) is 12.0 Å². The molecule has 0 radical (unpaired) electrons. The average Bonchev–Trinajstić information content (AvgIpc) is 2.36. The maximum absolute atomic E-state index is 12.4. The van der Waals surface area contributed by atoms with Crippen LogP contribution in [0.1, 0.15) is 47.5 Å². The van der Waals surface area contributed by atoms with Crippen molar-refractivity contribution in [1.29, 1.82) is 0 Å². The molecule has 1 aliphatic rings. The summed E-state index contributed by atoms with van der Waals surface area (Å²) in [7, 11) is 0. The molecule has 6 nitrogen and oxygen atoms in total. The molecule has 120 valence electrons. The van der Waals surface area contributed by atoms with Gasteiger partial charge in [0.2, 0.25) is 11.8 Å². The second-order valence-corrected chi connectivity index (χ2v) is 6.96. The molecule has 0 spiro atoms. The van der Waals surface area contributed by atoms with Crippen LogP contribution in [-0.4, -0.2) is 46.4 Å². The SMILES string of the molecule is CC1CCN(C(=O)C(C)NC(=O)C(C)(C)C)C(C(=O)O)C1. The van der Waals surface area contributed by atoms with E-state index in [4.69, 9.17) is 0 Å². The monoisotopic (exact) mass is 298 g/mol. The van der Waals surface area contributed by atoms with Crippen molar-refractivity contribution in [3.05, 3.63) is 0 Å². The van der Waals surface area contributed by atoms with Crippen molar-refractivity contribution >= 4 is 17.8 Å². The molecule has 21 heavy (non-hydrogen) atoms. The van der Waals surface area contributed by atoms with Crippen molar-refractivity contribution in [2.24, 2.45) is 11.3 Å². The number of carbonyl (C=O) groups excluding carboxylic acids is 2. The minimum Gasteiger partial charge on any atom is -0.480 e. The van der Waals surface area contributed by atoms with E-state index in [1.165, 1.54) is 4.90 Å². The number of aliphatic carboxylic acids is 1. The first-order chi connectivity index (χ1) is 9.54. The van der Waals surface area contributed by atoms with E-state index < -0.39 is 23.5 Å². The number of amides is 2. The Morgan fingerprint density at radius 2 is 1.86 bits per heavy atom. The van der Waals surface area contributed by atoms with E-state index in [1.54, 1.807) is 27.7 Å². The largest absolute Gasteiger partial charge is 0.480 e. The number of hydrogen-bond acceptors (Lipinski definition) is 3. The van der Waals surface area contributed by atoms with Crippen LogP contribution in [-0.2, 0) is 14.4 Å². The summed E-state index contributed by atoms with van der Waals surface area (Å²) in [5, 5.41) is 12.0. The molecule has 0 aromatic heterocycles. The molecule has 0 aromatic rings. The lowest BCUT2D eigenvalue weighted by Crippen LogP contribution is -2.56. The second-order valence-electron chi connectivity index (χ2n) is 6.96. The third kappa shape index (κ3) is 4.44. The summed E-state index contributed by atoms with van der Waals surface area (Å²) in [6, 6.07) is -1.51. The molecular weight excluding hydrogens is 272 g/mol. The van der Waals surface area contributed by atoms with Crippen molar-refractivity contribution in [2.75, 3.05) is 6.54 Å². The zero-order valence-electron chi connectivity index (χ0n) is 13.5. The Balaban J connectivity index is 2.76. The predicted molar refractivity (Wildman–Crippen MR) is 78.6 cm³/mol. The molecule has 1 aliphatic heterocycles. The number of piperidine rings is 1. The minimum atomic E-state index is -0.982. The molecule has 1 saturated heterocycles. The number of nitrogens with zero attached hydrogens (tertiary/aromatic N) is 1. The van der Waals surface area contributed by atoms with E-state index in [0.717, 1.165) is 6.42 Å². The summed E-state index contributed by atoms with van der Waals surface area (Å²) in [5.74, 6) is -1.24. The van der Waals surface area contributed by atoms with Crippen LogP contribution in [0.2, 0.25) is 0 Å². The Morgan fingerprint density at radius 1 is 1.29 bits per heavy atom. The Morgan fingerprint density at radius 3 is 2.33 bits per heavy atom. The van der Waals surface area contributed by atoms with E-state index in [0.29, 0.717) is 13.0 Å². The van der Waals surface area contributed by atoms with Gasteiger partial charge in [0.05, 0.1) is 0 Å². The summed E-state index contributed by atoms with van der Waals surface area (Å²) in [4.78, 5) is 37.1. The summed E-state index contributed by atoms with van der Waals surface area (Å²) < 4.78 is 0. The van der Waals surface area contributed by atoms with Crippen LogP contribution in [0.15, 0.2) is 0 Å². The summed E-state index contributed by atoms with van der Waals surface area (Å²) in [5.41, 5.74) is -0.586. The molecule has 0 aliphatic carbocycles. The third-order valence-corrected chi connectivity index (χ3v) is 3.83. The Kier molecular flexibility index (Phi) is 5.36. The number of carbonyl (C=O) groups is 3. The lowest BCUT2D eigenvalue weighted by Gasteiger charge is -2.37. The maximum Gasteiger partial charge on any atom is 0.326 e. The summed E-state index contributed by atoms with van der Waals surface area (Å²) in [6.07, 6.45) is 1.25. The standard InChI is InChI=1S/C15H26N2O4/c1-9-6-7-17(11(8-9)13(19)20)12(18)10(2)16-14(21)15(3,4)5/h9-11H,6-8H2,1-5H3,(H,16,21)(H,19,20). The zero-order chi connectivity index (χ0) is 16.4. The first kappa shape index (κ1) is 17.5. The first-order valence-corrected chi connectivity index (χ1v) is 7.38. The highest BCUT2D eigenvalue weighted by Gasteiger charge is 2.37. The molecule has 6 heteroatoms. The van der Waals surface area contributed by atoms with Crippen molar-refractivity contribution in [3.63, 3.8) is 0 Å². The van der Waals surface area contributed by atoms with Gasteiger partial charge < -0.3 is 15.3 Å². The molecule has 1 heterocycles. The predicted octanol–water partition coefficient (Wildman–Crippen LogP) is 1.25. The van der Waals surface area contributed by atoms with Crippen LogP contribution in [0.25, 0.3) is 0 Å². The van der Waals surface area contributed by atoms with Gasteiger partial charge in [-0.2, -0.15) is 0 Å². The summed E-state index contributed by atoms with van der Waals surface area (Å²) in [6.45, 7) is 9.31. The molecule has 1 fully saturated rings. The quantitative estimate of drug-likeness (QED) is 0.821. The van der Waals surface area contributed by atoms with Crippen molar-refractivity contribution in [2.45, 2.75) is 59.5 Å². The van der Waals surface area contributed by atoms with Crippen LogP contribution < -0.4 is 5.32 Å². The van der Waals surface area contributed by atoms with Crippen molar-refractivity contribution in [3.8, 4) is 0 Å². The van der Waals surface area contributed by atoms with Crippen LogP contribution in [0, 0.1) is 11.3 Å². The third-order valence-electron chi connectivity index (χ3n) is 3.83. The van der Waals surface area contributed by atoms with Gasteiger partial charge in [-0.15, -0.1) is 0 Å². The second kappa shape index (κ2) is 6.45. The Labute approximate surface area is 125 Å². The van der Waals surface area contributed by atoms with E-state index in [1.807, 2.05) is 6.92 Å². The number of carboxylic acids is 1. The molecule has 2 N–H and O–H groups in total. The number of carboxylic acid groups (broad SMARTS) is 1. The normalized spacial score (nSPS) is 24.3. The average molecular weight is 298 g/mol. The zero-order valence-corrected chi connectivity index (χ0v) is 13.5. The first-order valence-electron chi connectivity index (χ1n) is 7.38. The fraction of sp³-hybridized carbons (Fsp3) is 0.800. The summed E-state index contributed by atoms with van der Waals surface area (Å²) >= 11 is 0. The highest BCUT2D eigenvalue weighted by atomic mass is 16.4. The smallest absolute Gasteiger partial charge is 0.326 e. The molecule has 0 bridgehead atoms. The molecule has 3 atom stereocenters. The van der Waals surface area contributed by atoms with E-state index >= 15 is 0 Å². The van der Waals surface area contributed by atoms with Crippen LogP contribution in [0.4, 0.5) is 0 Å². The molecule has 3 unspecified atom stereocenters. The van der Waals surface area contributed by atoms with E-state index in [2.05, 4.69) is 5.32 Å². The molecule has 0 aromatic carbocycles. The maximum atomic E-state index is 12.4. The lowest BCUT2D eigenvalue weighted by molar-refractivity contribution is -0.154.